The number of hydrogen-bond donors (Lipinski definition) is 0. The van der Waals surface area contributed by atoms with E-state index in [0.717, 1.165) is 103 Å². The normalized spacial score (nSPS) is 12.7. The Labute approximate surface area is 496 Å². The van der Waals surface area contributed by atoms with Crippen LogP contribution in [0.4, 0.5) is 0 Å². The molecule has 0 amide bonds. The highest BCUT2D eigenvalue weighted by molar-refractivity contribution is 5.71. The first-order valence-electron chi connectivity index (χ1n) is 34.2. The van der Waals surface area contributed by atoms with Crippen LogP contribution < -0.4 is 0 Å². The Morgan fingerprint density at radius 2 is 0.487 bits per heavy atom. The third-order valence-electron chi connectivity index (χ3n) is 14.8. The van der Waals surface area contributed by atoms with Gasteiger partial charge in [-0.05, 0) is 103 Å². The van der Waals surface area contributed by atoms with Gasteiger partial charge in [-0.3, -0.25) is 14.4 Å². The molecule has 0 aromatic rings. The fraction of sp³-hybridized carbons (Fsp3) is 0.743. The minimum Gasteiger partial charge on any atom is -0.462 e. The molecule has 6 nitrogen and oxygen atoms in total. The minimum absolute atomic E-state index is 0.0754. The molecule has 1 unspecified atom stereocenters. The van der Waals surface area contributed by atoms with E-state index in [1.807, 2.05) is 0 Å². The van der Waals surface area contributed by atoms with E-state index in [1.165, 1.54) is 193 Å². The first-order chi connectivity index (χ1) is 39.5. The lowest BCUT2D eigenvalue weighted by molar-refractivity contribution is -0.167. The summed E-state index contributed by atoms with van der Waals surface area (Å²) in [6, 6.07) is 0. The Balaban J connectivity index is 4.23. The molecule has 0 N–H and O–H groups in total. The van der Waals surface area contributed by atoms with Crippen molar-refractivity contribution in [1.29, 1.82) is 0 Å². The summed E-state index contributed by atoms with van der Waals surface area (Å²) >= 11 is 0. The van der Waals surface area contributed by atoms with Crippen LogP contribution in [0.5, 0.6) is 0 Å². The number of carbonyl (C=O) groups is 3. The maximum Gasteiger partial charge on any atom is 0.306 e. The lowest BCUT2D eigenvalue weighted by Gasteiger charge is -2.18. The summed E-state index contributed by atoms with van der Waals surface area (Å²) in [6.07, 6.45) is 91.4. The Bertz CT molecular complexity index is 1560. The van der Waals surface area contributed by atoms with Crippen molar-refractivity contribution < 1.29 is 28.6 Å². The number of carbonyl (C=O) groups excluding carboxylic acids is 3. The highest BCUT2D eigenvalue weighted by Gasteiger charge is 2.19. The molecule has 6 heteroatoms. The molecular weight excluding hydrogens is 985 g/mol. The Kier molecular flexibility index (Phi) is 64.7. The van der Waals surface area contributed by atoms with Gasteiger partial charge < -0.3 is 14.2 Å². The molecule has 0 aliphatic heterocycles. The Morgan fingerprint density at radius 3 is 0.787 bits per heavy atom. The number of unbranched alkanes of at least 4 members (excludes halogenated alkanes) is 35. The second-order valence-corrected chi connectivity index (χ2v) is 22.7. The maximum atomic E-state index is 12.9. The molecule has 80 heavy (non-hydrogen) atoms. The number of allylic oxidation sites excluding steroid dienone is 16. The van der Waals surface area contributed by atoms with E-state index < -0.39 is 6.10 Å². The van der Waals surface area contributed by atoms with E-state index in [9.17, 15) is 14.4 Å². The van der Waals surface area contributed by atoms with Crippen LogP contribution in [0.3, 0.4) is 0 Å². The fourth-order valence-electron chi connectivity index (χ4n) is 9.71. The molecule has 0 aliphatic carbocycles. The average Bonchev–Trinajstić information content (AvgIpc) is 3.46. The van der Waals surface area contributed by atoms with Crippen LogP contribution in [-0.2, 0) is 28.6 Å². The number of hydrogen-bond acceptors (Lipinski definition) is 6. The molecule has 460 valence electrons. The summed E-state index contributed by atoms with van der Waals surface area (Å²) in [5.74, 6) is -0.867. The first kappa shape index (κ1) is 76.3. The summed E-state index contributed by atoms with van der Waals surface area (Å²) in [7, 11) is 0. The van der Waals surface area contributed by atoms with Gasteiger partial charge in [0.05, 0.1) is 0 Å². The zero-order valence-corrected chi connectivity index (χ0v) is 52.8. The van der Waals surface area contributed by atoms with Gasteiger partial charge in [0.1, 0.15) is 13.2 Å². The maximum absolute atomic E-state index is 12.9. The monoisotopic (exact) mass is 1110 g/mol. The molecule has 0 radical (unpaired) electrons. The van der Waals surface area contributed by atoms with Crippen LogP contribution in [0, 0.1) is 0 Å². The second-order valence-electron chi connectivity index (χ2n) is 22.7. The van der Waals surface area contributed by atoms with E-state index in [1.54, 1.807) is 0 Å². The predicted octanol–water partition coefficient (Wildman–Crippen LogP) is 23.6. The van der Waals surface area contributed by atoms with Crippen molar-refractivity contribution >= 4 is 17.9 Å². The molecular formula is C74H128O6. The van der Waals surface area contributed by atoms with Gasteiger partial charge in [-0.25, -0.2) is 0 Å². The van der Waals surface area contributed by atoms with Crippen LogP contribution in [0.25, 0.3) is 0 Å². The summed E-state index contributed by atoms with van der Waals surface area (Å²) in [6.45, 7) is 6.53. The summed E-state index contributed by atoms with van der Waals surface area (Å²) in [5.41, 5.74) is 0. The van der Waals surface area contributed by atoms with Crippen molar-refractivity contribution in [3.8, 4) is 0 Å². The van der Waals surface area contributed by atoms with Gasteiger partial charge in [0.15, 0.2) is 6.10 Å². The lowest BCUT2D eigenvalue weighted by atomic mass is 10.0. The Morgan fingerprint density at radius 1 is 0.263 bits per heavy atom. The van der Waals surface area contributed by atoms with E-state index in [-0.39, 0.29) is 31.1 Å². The highest BCUT2D eigenvalue weighted by Crippen LogP contribution is 2.17. The highest BCUT2D eigenvalue weighted by atomic mass is 16.6. The van der Waals surface area contributed by atoms with Gasteiger partial charge in [0.2, 0.25) is 0 Å². The molecule has 0 aromatic heterocycles. The average molecular weight is 1110 g/mol. The second kappa shape index (κ2) is 67.8. The van der Waals surface area contributed by atoms with Gasteiger partial charge in [-0.15, -0.1) is 0 Å². The standard InChI is InChI=1S/C74H128O6/c1-4-7-10-13-16-19-22-25-27-29-31-32-33-34-35-36-37-38-39-40-41-42-44-45-47-49-52-55-58-61-64-67-73(76)79-70-71(69-78-72(75)66-63-60-57-54-51-24-21-18-15-12-9-6-3)80-74(77)68-65-62-59-56-53-50-48-46-43-30-28-26-23-20-17-14-11-8-5-2/h7,10,16-17,19-20,25-28,31-32,34-35,37-38,71H,4-6,8-9,11-15,18,21-24,29-30,33,36,39-70H2,1-3H3/b10-7-,19-16-,20-17-,27-25-,28-26-,32-31-,35-34-,38-37-. The molecule has 0 aromatic carbocycles. The van der Waals surface area contributed by atoms with Gasteiger partial charge >= 0.3 is 17.9 Å². The lowest BCUT2D eigenvalue weighted by Crippen LogP contribution is -2.30. The van der Waals surface area contributed by atoms with Crippen LogP contribution in [-0.4, -0.2) is 37.2 Å². The third kappa shape index (κ3) is 65.1. The fourth-order valence-corrected chi connectivity index (χ4v) is 9.71. The first-order valence-corrected chi connectivity index (χ1v) is 34.2. The minimum atomic E-state index is -0.779. The molecule has 0 fully saturated rings. The molecule has 0 aliphatic rings. The van der Waals surface area contributed by atoms with Crippen LogP contribution in [0.15, 0.2) is 97.2 Å². The third-order valence-corrected chi connectivity index (χ3v) is 14.8. The van der Waals surface area contributed by atoms with Gasteiger partial charge in [-0.2, -0.15) is 0 Å². The van der Waals surface area contributed by atoms with Crippen molar-refractivity contribution in [1.82, 2.24) is 0 Å². The topological polar surface area (TPSA) is 78.9 Å². The smallest absolute Gasteiger partial charge is 0.306 e. The van der Waals surface area contributed by atoms with E-state index in [0.29, 0.717) is 19.3 Å². The van der Waals surface area contributed by atoms with E-state index in [2.05, 4.69) is 118 Å². The SMILES string of the molecule is CC/C=C\C/C=C\C/C=C\C/C=C\C/C=C\C/C=C\CCCCCCCCCCCCCCC(=O)OCC(COC(=O)CCCCCCCCCCCCCC)OC(=O)CCCCCCCCCCC/C=C\C/C=C\CCCCC. The summed E-state index contributed by atoms with van der Waals surface area (Å²) in [5, 5.41) is 0. The predicted molar refractivity (Wildman–Crippen MR) is 348 cm³/mol. The van der Waals surface area contributed by atoms with Crippen molar-refractivity contribution in [2.45, 2.75) is 341 Å². The number of ether oxygens (including phenoxy) is 3. The van der Waals surface area contributed by atoms with Crippen LogP contribution >= 0.6 is 0 Å². The molecule has 0 bridgehead atoms. The summed E-state index contributed by atoms with van der Waals surface area (Å²) in [4.78, 5) is 38.4. The largest absolute Gasteiger partial charge is 0.462 e. The molecule has 0 saturated heterocycles. The Hall–Kier alpha value is -3.67. The van der Waals surface area contributed by atoms with Gasteiger partial charge in [0.25, 0.3) is 0 Å². The molecule has 0 rings (SSSR count). The summed E-state index contributed by atoms with van der Waals surface area (Å²) < 4.78 is 17.0. The zero-order valence-electron chi connectivity index (χ0n) is 52.8. The molecule has 1 atom stereocenters. The number of rotatable bonds is 62. The van der Waals surface area contributed by atoms with Crippen molar-refractivity contribution in [2.75, 3.05) is 13.2 Å². The van der Waals surface area contributed by atoms with Gasteiger partial charge in [0, 0.05) is 19.3 Å². The van der Waals surface area contributed by atoms with Gasteiger partial charge in [-0.1, -0.05) is 311 Å². The van der Waals surface area contributed by atoms with Crippen molar-refractivity contribution in [2.24, 2.45) is 0 Å². The molecule has 0 saturated carbocycles. The van der Waals surface area contributed by atoms with E-state index >= 15 is 0 Å². The van der Waals surface area contributed by atoms with Crippen LogP contribution in [0.2, 0.25) is 0 Å². The zero-order chi connectivity index (χ0) is 57.8. The van der Waals surface area contributed by atoms with Crippen LogP contribution in [0.1, 0.15) is 335 Å². The quantitative estimate of drug-likeness (QED) is 0.0261. The van der Waals surface area contributed by atoms with Crippen molar-refractivity contribution in [3.63, 3.8) is 0 Å². The van der Waals surface area contributed by atoms with Crippen molar-refractivity contribution in [3.05, 3.63) is 97.2 Å². The number of esters is 3. The molecule has 0 spiro atoms. The van der Waals surface area contributed by atoms with E-state index in [4.69, 9.17) is 14.2 Å². The molecule has 0 heterocycles.